The first-order valence-corrected chi connectivity index (χ1v) is 7.66. The van der Waals surface area contributed by atoms with Gasteiger partial charge < -0.3 is 11.1 Å². The molecule has 0 aliphatic heterocycles. The Morgan fingerprint density at radius 3 is 2.57 bits per heavy atom. The standard InChI is InChI=1S/C18H25N3/c1-3-8-20-17(11-15-6-4-5-14(2)10-15)12-16-7-9-21-18(19)13-16/h4-7,9-10,13,17,20H,3,8,11-12H2,1-2H3,(H2,19,21). The Balaban J connectivity index is 2.06. The smallest absolute Gasteiger partial charge is 0.123 e. The highest BCUT2D eigenvalue weighted by Crippen LogP contribution is 2.12. The molecule has 1 atom stereocenters. The Morgan fingerprint density at radius 2 is 1.90 bits per heavy atom. The lowest BCUT2D eigenvalue weighted by Gasteiger charge is -2.19. The van der Waals surface area contributed by atoms with Crippen LogP contribution in [0.15, 0.2) is 42.6 Å². The summed E-state index contributed by atoms with van der Waals surface area (Å²) in [4.78, 5) is 4.06. The van der Waals surface area contributed by atoms with Gasteiger partial charge in [0.2, 0.25) is 0 Å². The van der Waals surface area contributed by atoms with E-state index in [1.807, 2.05) is 12.1 Å². The number of nitrogens with one attached hydrogen (secondary N) is 1. The highest BCUT2D eigenvalue weighted by molar-refractivity contribution is 5.32. The van der Waals surface area contributed by atoms with E-state index in [0.29, 0.717) is 11.9 Å². The van der Waals surface area contributed by atoms with Crippen LogP contribution < -0.4 is 11.1 Å². The van der Waals surface area contributed by atoms with Gasteiger partial charge in [-0.15, -0.1) is 0 Å². The van der Waals surface area contributed by atoms with Crippen LogP contribution in [0.4, 0.5) is 5.82 Å². The lowest BCUT2D eigenvalue weighted by Crippen LogP contribution is -2.33. The van der Waals surface area contributed by atoms with Gasteiger partial charge in [-0.25, -0.2) is 4.98 Å². The summed E-state index contributed by atoms with van der Waals surface area (Å²) in [5.41, 5.74) is 9.71. The van der Waals surface area contributed by atoms with Gasteiger partial charge in [-0.2, -0.15) is 0 Å². The number of anilines is 1. The number of benzene rings is 1. The number of pyridine rings is 1. The molecule has 3 nitrogen and oxygen atoms in total. The van der Waals surface area contributed by atoms with Gasteiger partial charge in [-0.1, -0.05) is 36.8 Å². The van der Waals surface area contributed by atoms with Gasteiger partial charge in [0.25, 0.3) is 0 Å². The summed E-state index contributed by atoms with van der Waals surface area (Å²) in [5.74, 6) is 0.595. The lowest BCUT2D eigenvalue weighted by molar-refractivity contribution is 0.504. The average molecular weight is 283 g/mol. The largest absolute Gasteiger partial charge is 0.384 e. The van der Waals surface area contributed by atoms with E-state index in [2.05, 4.69) is 48.4 Å². The van der Waals surface area contributed by atoms with E-state index >= 15 is 0 Å². The van der Waals surface area contributed by atoms with Gasteiger partial charge in [0, 0.05) is 12.2 Å². The fraction of sp³-hybridized carbons (Fsp3) is 0.389. The van der Waals surface area contributed by atoms with Gasteiger partial charge in [0.1, 0.15) is 5.82 Å². The van der Waals surface area contributed by atoms with Crippen molar-refractivity contribution in [3.63, 3.8) is 0 Å². The SMILES string of the molecule is CCCNC(Cc1cccc(C)c1)Cc1ccnc(N)c1. The van der Waals surface area contributed by atoms with E-state index in [-0.39, 0.29) is 0 Å². The minimum Gasteiger partial charge on any atom is -0.384 e. The van der Waals surface area contributed by atoms with Crippen molar-refractivity contribution < 1.29 is 0 Å². The third kappa shape index (κ3) is 5.20. The molecule has 0 fully saturated rings. The third-order valence-electron chi connectivity index (χ3n) is 3.58. The topological polar surface area (TPSA) is 50.9 Å². The second-order valence-electron chi connectivity index (χ2n) is 5.64. The van der Waals surface area contributed by atoms with Gasteiger partial charge in [0.05, 0.1) is 0 Å². The predicted molar refractivity (Wildman–Crippen MR) is 89.3 cm³/mol. The van der Waals surface area contributed by atoms with Gasteiger partial charge in [-0.3, -0.25) is 0 Å². The molecule has 21 heavy (non-hydrogen) atoms. The van der Waals surface area contributed by atoms with Crippen LogP contribution in [0.2, 0.25) is 0 Å². The van der Waals surface area contributed by atoms with E-state index in [1.54, 1.807) is 6.20 Å². The third-order valence-corrected chi connectivity index (χ3v) is 3.58. The molecule has 0 aliphatic rings. The number of nitrogen functional groups attached to an aromatic ring is 1. The minimum atomic E-state index is 0.425. The van der Waals surface area contributed by atoms with Gasteiger partial charge >= 0.3 is 0 Å². The molecule has 3 heteroatoms. The molecule has 1 aromatic carbocycles. The predicted octanol–water partition coefficient (Wildman–Crippen LogP) is 3.13. The molecule has 0 spiro atoms. The van der Waals surface area contributed by atoms with Gasteiger partial charge in [0.15, 0.2) is 0 Å². The van der Waals surface area contributed by atoms with Gasteiger partial charge in [-0.05, 0) is 56.0 Å². The van der Waals surface area contributed by atoms with Crippen LogP contribution >= 0.6 is 0 Å². The zero-order chi connectivity index (χ0) is 15.1. The first kappa shape index (κ1) is 15.5. The Kier molecular flexibility index (Phi) is 5.76. The van der Waals surface area contributed by atoms with Crippen LogP contribution in [0.25, 0.3) is 0 Å². The molecule has 0 aliphatic carbocycles. The monoisotopic (exact) mass is 283 g/mol. The molecule has 0 saturated carbocycles. The molecule has 0 radical (unpaired) electrons. The molecular weight excluding hydrogens is 258 g/mol. The Labute approximate surface area is 127 Å². The van der Waals surface area contributed by atoms with Crippen LogP contribution in [0.5, 0.6) is 0 Å². The Hall–Kier alpha value is -1.87. The maximum absolute atomic E-state index is 5.78. The number of hydrogen-bond acceptors (Lipinski definition) is 3. The number of aromatic nitrogens is 1. The zero-order valence-corrected chi connectivity index (χ0v) is 13.0. The fourth-order valence-corrected chi connectivity index (χ4v) is 2.59. The van der Waals surface area contributed by atoms with Crippen molar-refractivity contribution in [1.29, 1.82) is 0 Å². The van der Waals surface area contributed by atoms with E-state index in [0.717, 1.165) is 25.8 Å². The molecule has 0 amide bonds. The van der Waals surface area contributed by atoms with Crippen LogP contribution in [0.1, 0.15) is 30.0 Å². The van der Waals surface area contributed by atoms with Crippen molar-refractivity contribution >= 4 is 5.82 Å². The number of nitrogens with zero attached hydrogens (tertiary/aromatic N) is 1. The molecule has 0 saturated heterocycles. The summed E-state index contributed by atoms with van der Waals surface area (Å²) in [5, 5.41) is 3.64. The summed E-state index contributed by atoms with van der Waals surface area (Å²) in [6, 6.07) is 13.2. The maximum atomic E-state index is 5.78. The van der Waals surface area contributed by atoms with Crippen LogP contribution in [0.3, 0.4) is 0 Å². The fourth-order valence-electron chi connectivity index (χ4n) is 2.59. The van der Waals surface area contributed by atoms with E-state index in [9.17, 15) is 0 Å². The highest BCUT2D eigenvalue weighted by atomic mass is 14.9. The molecule has 1 aromatic heterocycles. The lowest BCUT2D eigenvalue weighted by atomic mass is 9.98. The van der Waals surface area contributed by atoms with Crippen molar-refractivity contribution in [1.82, 2.24) is 10.3 Å². The minimum absolute atomic E-state index is 0.425. The second-order valence-corrected chi connectivity index (χ2v) is 5.64. The van der Waals surface area contributed by atoms with Crippen molar-refractivity contribution in [3.8, 4) is 0 Å². The summed E-state index contributed by atoms with van der Waals surface area (Å²) in [7, 11) is 0. The molecule has 1 unspecified atom stereocenters. The summed E-state index contributed by atoms with van der Waals surface area (Å²) in [6.45, 7) is 5.37. The van der Waals surface area contributed by atoms with E-state index < -0.39 is 0 Å². The first-order chi connectivity index (χ1) is 10.2. The summed E-state index contributed by atoms with van der Waals surface area (Å²) in [6.07, 6.45) is 4.93. The van der Waals surface area contributed by atoms with Crippen LogP contribution in [-0.4, -0.2) is 17.6 Å². The second kappa shape index (κ2) is 7.79. The molecule has 0 bridgehead atoms. The normalized spacial score (nSPS) is 12.3. The molecular formula is C18H25N3. The molecule has 3 N–H and O–H groups in total. The van der Waals surface area contributed by atoms with Crippen LogP contribution in [-0.2, 0) is 12.8 Å². The van der Waals surface area contributed by atoms with Crippen molar-refractivity contribution in [2.75, 3.05) is 12.3 Å². The Morgan fingerprint density at radius 1 is 1.14 bits per heavy atom. The van der Waals surface area contributed by atoms with Crippen LogP contribution in [0, 0.1) is 6.92 Å². The molecule has 2 rings (SSSR count). The number of hydrogen-bond donors (Lipinski definition) is 2. The summed E-state index contributed by atoms with van der Waals surface area (Å²) < 4.78 is 0. The van der Waals surface area contributed by atoms with Crippen molar-refractivity contribution in [3.05, 3.63) is 59.3 Å². The van der Waals surface area contributed by atoms with E-state index in [4.69, 9.17) is 5.73 Å². The number of nitrogens with two attached hydrogens (primary N) is 1. The average Bonchev–Trinajstić information content (AvgIpc) is 2.45. The van der Waals surface area contributed by atoms with E-state index in [1.165, 1.54) is 16.7 Å². The molecule has 2 aromatic rings. The Bertz CT molecular complexity index is 518. The number of rotatable bonds is 7. The van der Waals surface area contributed by atoms with Crippen molar-refractivity contribution in [2.24, 2.45) is 0 Å². The highest BCUT2D eigenvalue weighted by Gasteiger charge is 2.10. The molecule has 1 heterocycles. The molecule has 112 valence electrons. The quantitative estimate of drug-likeness (QED) is 0.821. The maximum Gasteiger partial charge on any atom is 0.123 e. The zero-order valence-electron chi connectivity index (χ0n) is 13.0. The number of aryl methyl sites for hydroxylation is 1. The first-order valence-electron chi connectivity index (χ1n) is 7.66. The summed E-state index contributed by atoms with van der Waals surface area (Å²) >= 11 is 0. The van der Waals surface area contributed by atoms with Crippen molar-refractivity contribution in [2.45, 2.75) is 39.2 Å².